The molecule has 0 unspecified atom stereocenters. The molecule has 0 saturated heterocycles. The first-order valence-electron chi connectivity index (χ1n) is 5.45. The molecule has 0 saturated carbocycles. The number of carbonyl (C=O) groups is 1. The molecule has 0 fully saturated rings. The molecule has 0 aliphatic carbocycles. The highest BCUT2D eigenvalue weighted by Crippen LogP contribution is 2.36. The van der Waals surface area contributed by atoms with Gasteiger partial charge in [-0.05, 0) is 6.07 Å². The molecule has 9 heteroatoms. The summed E-state index contributed by atoms with van der Waals surface area (Å²) >= 11 is 11.5. The molecule has 1 aromatic carbocycles. The number of furan rings is 1. The normalized spacial score (nSPS) is 10.4. The van der Waals surface area contributed by atoms with Crippen LogP contribution in [0.4, 0.5) is 5.69 Å². The van der Waals surface area contributed by atoms with Crippen LogP contribution in [0.25, 0.3) is 0 Å². The Labute approximate surface area is 127 Å². The van der Waals surface area contributed by atoms with E-state index < -0.39 is 10.9 Å². The molecule has 0 bridgehead atoms. The van der Waals surface area contributed by atoms with Crippen LogP contribution < -0.4 is 4.74 Å². The fourth-order valence-electron chi connectivity index (χ4n) is 1.49. The number of aromatic carboxylic acids is 1. The number of ether oxygens (including phenoxy) is 1. The SMILES string of the molecule is O=C(O)c1coc(COc2cc(Cl)c(Cl)cc2[N+](=O)[O-])c1. The Morgan fingerprint density at radius 1 is 1.33 bits per heavy atom. The Kier molecular flexibility index (Phi) is 4.35. The van der Waals surface area contributed by atoms with E-state index in [0.29, 0.717) is 0 Å². The van der Waals surface area contributed by atoms with Crippen LogP contribution in [0, 0.1) is 10.1 Å². The molecular formula is C12H7Cl2NO6. The van der Waals surface area contributed by atoms with E-state index in [1.165, 1.54) is 12.1 Å². The van der Waals surface area contributed by atoms with Gasteiger partial charge in [0.1, 0.15) is 18.6 Å². The number of hydrogen-bond donors (Lipinski definition) is 1. The monoisotopic (exact) mass is 331 g/mol. The van der Waals surface area contributed by atoms with Crippen molar-refractivity contribution in [3.63, 3.8) is 0 Å². The maximum absolute atomic E-state index is 10.9. The van der Waals surface area contributed by atoms with Gasteiger partial charge in [-0.1, -0.05) is 23.2 Å². The molecule has 0 amide bonds. The van der Waals surface area contributed by atoms with Crippen molar-refractivity contribution in [2.24, 2.45) is 0 Å². The minimum Gasteiger partial charge on any atom is -0.479 e. The van der Waals surface area contributed by atoms with Crippen LogP contribution in [0.3, 0.4) is 0 Å². The first kappa shape index (κ1) is 15.1. The van der Waals surface area contributed by atoms with E-state index >= 15 is 0 Å². The van der Waals surface area contributed by atoms with Crippen molar-refractivity contribution in [1.29, 1.82) is 0 Å². The van der Waals surface area contributed by atoms with Gasteiger partial charge in [0, 0.05) is 12.1 Å². The third-order valence-electron chi connectivity index (χ3n) is 2.47. The van der Waals surface area contributed by atoms with Crippen LogP contribution in [0.2, 0.25) is 10.0 Å². The van der Waals surface area contributed by atoms with E-state index in [9.17, 15) is 14.9 Å². The number of hydrogen-bond acceptors (Lipinski definition) is 5. The predicted octanol–water partition coefficient (Wildman–Crippen LogP) is 3.77. The largest absolute Gasteiger partial charge is 0.479 e. The number of nitro benzene ring substituents is 1. The summed E-state index contributed by atoms with van der Waals surface area (Å²) in [7, 11) is 0. The van der Waals surface area contributed by atoms with E-state index in [2.05, 4.69) is 0 Å². The molecule has 0 aliphatic rings. The average molecular weight is 332 g/mol. The number of benzene rings is 1. The quantitative estimate of drug-likeness (QED) is 0.660. The number of carboxylic acids is 1. The fraction of sp³-hybridized carbons (Fsp3) is 0.0833. The zero-order valence-electron chi connectivity index (χ0n) is 10.2. The molecule has 21 heavy (non-hydrogen) atoms. The van der Waals surface area contributed by atoms with Crippen LogP contribution in [-0.2, 0) is 6.61 Å². The number of nitrogens with zero attached hydrogens (tertiary/aromatic N) is 1. The molecule has 1 heterocycles. The van der Waals surface area contributed by atoms with Gasteiger partial charge in [0.05, 0.1) is 20.5 Å². The lowest BCUT2D eigenvalue weighted by molar-refractivity contribution is -0.385. The molecule has 110 valence electrons. The van der Waals surface area contributed by atoms with Gasteiger partial charge < -0.3 is 14.3 Å². The number of carboxylic acid groups (broad SMARTS) is 1. The predicted molar refractivity (Wildman–Crippen MR) is 73.1 cm³/mol. The zero-order chi connectivity index (χ0) is 15.6. The number of rotatable bonds is 5. The van der Waals surface area contributed by atoms with Gasteiger partial charge in [0.15, 0.2) is 5.75 Å². The molecule has 7 nitrogen and oxygen atoms in total. The molecule has 2 aromatic rings. The topological polar surface area (TPSA) is 103 Å². The highest BCUT2D eigenvalue weighted by Gasteiger charge is 2.19. The first-order chi connectivity index (χ1) is 9.88. The van der Waals surface area contributed by atoms with E-state index in [1.54, 1.807) is 0 Å². The average Bonchev–Trinajstić information content (AvgIpc) is 2.88. The van der Waals surface area contributed by atoms with Crippen LogP contribution in [-0.4, -0.2) is 16.0 Å². The lowest BCUT2D eigenvalue weighted by Gasteiger charge is -2.06. The highest BCUT2D eigenvalue weighted by molar-refractivity contribution is 6.42. The first-order valence-corrected chi connectivity index (χ1v) is 6.21. The second kappa shape index (κ2) is 6.02. The van der Waals surface area contributed by atoms with E-state index in [4.69, 9.17) is 37.5 Å². The maximum atomic E-state index is 10.9. The van der Waals surface area contributed by atoms with Gasteiger partial charge >= 0.3 is 11.7 Å². The van der Waals surface area contributed by atoms with Gasteiger partial charge in [-0.3, -0.25) is 10.1 Å². The molecule has 1 aromatic heterocycles. The van der Waals surface area contributed by atoms with Crippen LogP contribution in [0.15, 0.2) is 28.9 Å². The van der Waals surface area contributed by atoms with Gasteiger partial charge in [-0.2, -0.15) is 0 Å². The van der Waals surface area contributed by atoms with Gasteiger partial charge in [-0.15, -0.1) is 0 Å². The van der Waals surface area contributed by atoms with Crippen LogP contribution >= 0.6 is 23.2 Å². The molecule has 0 aliphatic heterocycles. The minimum atomic E-state index is -1.15. The highest BCUT2D eigenvalue weighted by atomic mass is 35.5. The van der Waals surface area contributed by atoms with Gasteiger partial charge in [0.25, 0.3) is 0 Å². The summed E-state index contributed by atoms with van der Waals surface area (Å²) in [6.07, 6.45) is 1.05. The van der Waals surface area contributed by atoms with Gasteiger partial charge in [-0.25, -0.2) is 4.79 Å². The van der Waals surface area contributed by atoms with Crippen molar-refractivity contribution in [1.82, 2.24) is 0 Å². The summed E-state index contributed by atoms with van der Waals surface area (Å²) in [6, 6.07) is 3.54. The Hall–Kier alpha value is -2.25. The molecule has 0 radical (unpaired) electrons. The molecule has 1 N–H and O–H groups in total. The number of halogens is 2. The zero-order valence-corrected chi connectivity index (χ0v) is 11.7. The lowest BCUT2D eigenvalue weighted by Crippen LogP contribution is -1.99. The van der Waals surface area contributed by atoms with Crippen LogP contribution in [0.1, 0.15) is 16.1 Å². The fourth-order valence-corrected chi connectivity index (χ4v) is 1.81. The summed E-state index contributed by atoms with van der Waals surface area (Å²) in [5, 5.41) is 19.8. The summed E-state index contributed by atoms with van der Waals surface area (Å²) in [4.78, 5) is 20.9. The Balaban J connectivity index is 2.20. The third kappa shape index (κ3) is 3.45. The van der Waals surface area contributed by atoms with Crippen molar-refractivity contribution < 1.29 is 24.0 Å². The second-order valence-corrected chi connectivity index (χ2v) is 4.70. The summed E-state index contributed by atoms with van der Waals surface area (Å²) < 4.78 is 10.2. The van der Waals surface area contributed by atoms with Crippen molar-refractivity contribution in [3.8, 4) is 5.75 Å². The Morgan fingerprint density at radius 2 is 2.00 bits per heavy atom. The van der Waals surface area contributed by atoms with Crippen molar-refractivity contribution in [2.75, 3.05) is 0 Å². The Bertz CT molecular complexity index is 712. The second-order valence-electron chi connectivity index (χ2n) is 3.89. The third-order valence-corrected chi connectivity index (χ3v) is 3.19. The molecular weight excluding hydrogens is 325 g/mol. The Morgan fingerprint density at radius 3 is 2.57 bits per heavy atom. The molecule has 0 atom stereocenters. The van der Waals surface area contributed by atoms with Crippen molar-refractivity contribution >= 4 is 34.9 Å². The van der Waals surface area contributed by atoms with Crippen molar-refractivity contribution in [3.05, 3.63) is 55.9 Å². The maximum Gasteiger partial charge on any atom is 0.338 e. The smallest absolute Gasteiger partial charge is 0.338 e. The summed E-state index contributed by atoms with van der Waals surface area (Å²) in [5.74, 6) is -1.04. The van der Waals surface area contributed by atoms with E-state index in [1.807, 2.05) is 0 Å². The number of nitro groups is 1. The standard InChI is InChI=1S/C12H7Cl2NO6/c13-8-2-10(15(18)19)11(3-9(8)14)21-5-7-1-6(4-20-7)12(16)17/h1-4H,5H2,(H,16,17). The van der Waals surface area contributed by atoms with Crippen molar-refractivity contribution in [2.45, 2.75) is 6.61 Å². The summed E-state index contributed by atoms with van der Waals surface area (Å²) in [5.41, 5.74) is -0.397. The lowest BCUT2D eigenvalue weighted by atomic mass is 10.3. The molecule has 0 spiro atoms. The van der Waals surface area contributed by atoms with E-state index in [-0.39, 0.29) is 39.4 Å². The van der Waals surface area contributed by atoms with Crippen LogP contribution in [0.5, 0.6) is 5.75 Å². The minimum absolute atomic E-state index is 0.0295. The molecule has 2 rings (SSSR count). The summed E-state index contributed by atoms with van der Waals surface area (Å²) in [6.45, 7) is -0.188. The van der Waals surface area contributed by atoms with E-state index in [0.717, 1.165) is 12.3 Å². The van der Waals surface area contributed by atoms with Gasteiger partial charge in [0.2, 0.25) is 0 Å².